The summed E-state index contributed by atoms with van der Waals surface area (Å²) in [7, 11) is 1.67. The Morgan fingerprint density at radius 2 is 1.76 bits per heavy atom. The molecule has 0 saturated heterocycles. The standard InChI is InChI=1S/C12H16BrNO.C8H16O.C5H10/c1-5-9(3)14-12-8(2)6-10(13)7-11(12)15-4;1-5-7(9)6-8(2,3)4;1-5-3-2-4-5/h6-7H,5H2,1-4H3;5-6H2,1-4H3;5H,2-4H2,1H3. The number of benzene rings is 1. The minimum absolute atomic E-state index is 0.174. The molecule has 1 aromatic carbocycles. The third-order valence-electron chi connectivity index (χ3n) is 4.78. The average molecular weight is 469 g/mol. The zero-order valence-corrected chi connectivity index (χ0v) is 21.7. The fourth-order valence-electron chi connectivity index (χ4n) is 2.60. The van der Waals surface area contributed by atoms with Crippen LogP contribution in [0, 0.1) is 18.3 Å². The van der Waals surface area contributed by atoms with E-state index in [1.807, 2.05) is 32.9 Å². The Kier molecular flexibility index (Phi) is 13.4. The lowest BCUT2D eigenvalue weighted by atomic mass is 9.88. The molecule has 0 unspecified atom stereocenters. The van der Waals surface area contributed by atoms with Gasteiger partial charge in [0.1, 0.15) is 17.2 Å². The maximum absolute atomic E-state index is 10.8. The summed E-state index contributed by atoms with van der Waals surface area (Å²) in [5.41, 5.74) is 3.33. The molecule has 0 heterocycles. The van der Waals surface area contributed by atoms with Crippen LogP contribution in [-0.2, 0) is 4.79 Å². The zero-order chi connectivity index (χ0) is 22.6. The number of methoxy groups -OCH3 is 1. The summed E-state index contributed by atoms with van der Waals surface area (Å²) in [6.45, 7) is 16.6. The second-order valence-electron chi connectivity index (χ2n) is 9.14. The Bertz CT molecular complexity index is 656. The van der Waals surface area contributed by atoms with Crippen molar-refractivity contribution in [1.82, 2.24) is 0 Å². The Labute approximate surface area is 187 Å². The fourth-order valence-corrected chi connectivity index (χ4v) is 3.15. The van der Waals surface area contributed by atoms with Crippen molar-refractivity contribution >= 4 is 33.1 Å². The second kappa shape index (κ2) is 14.0. The first-order valence-corrected chi connectivity index (χ1v) is 11.6. The quantitative estimate of drug-likeness (QED) is 0.407. The first-order valence-electron chi connectivity index (χ1n) is 10.8. The molecule has 3 nitrogen and oxygen atoms in total. The van der Waals surface area contributed by atoms with Gasteiger partial charge in [-0.15, -0.1) is 0 Å². The Morgan fingerprint density at radius 3 is 2.07 bits per heavy atom. The highest BCUT2D eigenvalue weighted by Crippen LogP contribution is 2.34. The second-order valence-corrected chi connectivity index (χ2v) is 10.1. The van der Waals surface area contributed by atoms with E-state index in [2.05, 4.69) is 55.5 Å². The van der Waals surface area contributed by atoms with Crippen LogP contribution in [0.4, 0.5) is 5.69 Å². The van der Waals surface area contributed by atoms with Crippen LogP contribution in [0.2, 0.25) is 0 Å². The predicted octanol–water partition coefficient (Wildman–Crippen LogP) is 8.48. The molecule has 0 bridgehead atoms. The molecule has 0 atom stereocenters. The number of ketones is 1. The van der Waals surface area contributed by atoms with E-state index in [9.17, 15) is 4.79 Å². The van der Waals surface area contributed by atoms with Crippen LogP contribution < -0.4 is 4.74 Å². The summed E-state index contributed by atoms with van der Waals surface area (Å²) in [6.07, 6.45) is 6.81. The van der Waals surface area contributed by atoms with Crippen molar-refractivity contribution in [3.05, 3.63) is 22.2 Å². The first-order chi connectivity index (χ1) is 13.4. The van der Waals surface area contributed by atoms with Crippen molar-refractivity contribution in [3.8, 4) is 5.75 Å². The number of carbonyl (C=O) groups excluding carboxylic acids is 1. The highest BCUT2D eigenvalue weighted by atomic mass is 79.9. The molecule has 166 valence electrons. The van der Waals surface area contributed by atoms with Crippen molar-refractivity contribution in [2.24, 2.45) is 16.3 Å². The van der Waals surface area contributed by atoms with E-state index < -0.39 is 0 Å². The molecule has 29 heavy (non-hydrogen) atoms. The molecular formula is C25H42BrNO2. The van der Waals surface area contributed by atoms with E-state index in [-0.39, 0.29) is 5.41 Å². The number of hydrogen-bond acceptors (Lipinski definition) is 3. The molecule has 0 aliphatic heterocycles. The van der Waals surface area contributed by atoms with Crippen LogP contribution in [0.25, 0.3) is 0 Å². The minimum Gasteiger partial charge on any atom is -0.494 e. The van der Waals surface area contributed by atoms with Gasteiger partial charge in [0.15, 0.2) is 0 Å². The Morgan fingerprint density at radius 1 is 1.21 bits per heavy atom. The van der Waals surface area contributed by atoms with E-state index in [1.165, 1.54) is 19.3 Å². The smallest absolute Gasteiger partial charge is 0.145 e. The van der Waals surface area contributed by atoms with Crippen LogP contribution in [0.1, 0.15) is 92.6 Å². The lowest BCUT2D eigenvalue weighted by Gasteiger charge is -2.18. The predicted molar refractivity (Wildman–Crippen MR) is 131 cm³/mol. The molecule has 1 aromatic rings. The topological polar surface area (TPSA) is 38.7 Å². The van der Waals surface area contributed by atoms with E-state index in [0.717, 1.165) is 39.5 Å². The fraction of sp³-hybridized carbons (Fsp3) is 0.680. The highest BCUT2D eigenvalue weighted by Gasteiger charge is 2.13. The molecule has 0 N–H and O–H groups in total. The average Bonchev–Trinajstić information content (AvgIpc) is 2.61. The number of ether oxygens (including phenoxy) is 1. The van der Waals surface area contributed by atoms with Gasteiger partial charge in [0.25, 0.3) is 0 Å². The number of carbonyl (C=O) groups is 1. The van der Waals surface area contributed by atoms with Gasteiger partial charge >= 0.3 is 0 Å². The molecule has 1 aliphatic carbocycles. The van der Waals surface area contributed by atoms with Gasteiger partial charge in [-0.1, -0.05) is 76.7 Å². The summed E-state index contributed by atoms with van der Waals surface area (Å²) in [5.74, 6) is 2.24. The van der Waals surface area contributed by atoms with Gasteiger partial charge in [-0.05, 0) is 49.3 Å². The number of Topliss-reactive ketones (excluding diaryl/α,β-unsaturated/α-hetero) is 1. The van der Waals surface area contributed by atoms with Gasteiger partial charge in [0.05, 0.1) is 7.11 Å². The van der Waals surface area contributed by atoms with Gasteiger partial charge in [-0.2, -0.15) is 0 Å². The SMILES string of the molecule is CC1CCC1.CCC(=O)CC(C)(C)C.CCC(C)=Nc1c(C)cc(Br)cc1OC. The van der Waals surface area contributed by atoms with E-state index in [4.69, 9.17) is 4.74 Å². The summed E-state index contributed by atoms with van der Waals surface area (Å²) in [4.78, 5) is 15.4. The van der Waals surface area contributed by atoms with Crippen molar-refractivity contribution in [2.45, 2.75) is 93.9 Å². The highest BCUT2D eigenvalue weighted by molar-refractivity contribution is 9.10. The first kappa shape index (κ1) is 27.8. The van der Waals surface area contributed by atoms with Crippen LogP contribution in [0.5, 0.6) is 5.75 Å². The number of aliphatic imine (C=N–C) groups is 1. The number of rotatable bonds is 5. The summed E-state index contributed by atoms with van der Waals surface area (Å²) >= 11 is 3.44. The summed E-state index contributed by atoms with van der Waals surface area (Å²) in [6, 6.07) is 3.99. The van der Waals surface area contributed by atoms with Crippen molar-refractivity contribution in [3.63, 3.8) is 0 Å². The van der Waals surface area contributed by atoms with Crippen molar-refractivity contribution in [2.75, 3.05) is 7.11 Å². The Hall–Kier alpha value is -1.16. The number of halogens is 1. The maximum Gasteiger partial charge on any atom is 0.145 e. The lowest BCUT2D eigenvalue weighted by Crippen LogP contribution is -2.11. The monoisotopic (exact) mass is 467 g/mol. The molecule has 0 aromatic heterocycles. The Balaban J connectivity index is 0.000000470. The summed E-state index contributed by atoms with van der Waals surface area (Å²) in [5, 5.41) is 0. The van der Waals surface area contributed by atoms with Crippen molar-refractivity contribution in [1.29, 1.82) is 0 Å². The molecule has 1 fully saturated rings. The lowest BCUT2D eigenvalue weighted by molar-refractivity contribution is -0.120. The van der Waals surface area contributed by atoms with E-state index >= 15 is 0 Å². The van der Waals surface area contributed by atoms with E-state index in [0.29, 0.717) is 18.6 Å². The van der Waals surface area contributed by atoms with Gasteiger partial charge in [0.2, 0.25) is 0 Å². The number of aryl methyl sites for hydroxylation is 1. The van der Waals surface area contributed by atoms with Gasteiger partial charge in [-0.3, -0.25) is 9.79 Å². The zero-order valence-electron chi connectivity index (χ0n) is 20.1. The third kappa shape index (κ3) is 12.9. The molecule has 0 amide bonds. The molecule has 0 spiro atoms. The molecule has 2 rings (SSSR count). The number of hydrogen-bond donors (Lipinski definition) is 0. The van der Waals surface area contributed by atoms with Gasteiger partial charge < -0.3 is 4.74 Å². The third-order valence-corrected chi connectivity index (χ3v) is 5.24. The molecular weight excluding hydrogens is 426 g/mol. The van der Waals surface area contributed by atoms with Crippen LogP contribution in [-0.4, -0.2) is 18.6 Å². The van der Waals surface area contributed by atoms with Gasteiger partial charge in [-0.25, -0.2) is 0 Å². The largest absolute Gasteiger partial charge is 0.494 e. The van der Waals surface area contributed by atoms with Crippen LogP contribution in [0.15, 0.2) is 21.6 Å². The normalized spacial score (nSPS) is 14.1. The van der Waals surface area contributed by atoms with Gasteiger partial charge in [0, 0.05) is 23.0 Å². The van der Waals surface area contributed by atoms with Crippen LogP contribution >= 0.6 is 15.9 Å². The molecule has 0 radical (unpaired) electrons. The molecule has 4 heteroatoms. The van der Waals surface area contributed by atoms with Crippen LogP contribution in [0.3, 0.4) is 0 Å². The summed E-state index contributed by atoms with van der Waals surface area (Å²) < 4.78 is 6.33. The maximum atomic E-state index is 10.8. The molecule has 1 saturated carbocycles. The minimum atomic E-state index is 0.174. The number of nitrogens with zero attached hydrogens (tertiary/aromatic N) is 1. The van der Waals surface area contributed by atoms with Crippen molar-refractivity contribution < 1.29 is 9.53 Å². The molecule has 1 aliphatic rings. The van der Waals surface area contributed by atoms with E-state index in [1.54, 1.807) is 7.11 Å².